The third-order valence-corrected chi connectivity index (χ3v) is 3.61. The van der Waals surface area contributed by atoms with Crippen molar-refractivity contribution < 1.29 is 24.2 Å². The van der Waals surface area contributed by atoms with E-state index in [9.17, 15) is 9.59 Å². The molecular weight excluding hydrogens is 264 g/mol. The molecule has 1 amide bonds. The Bertz CT molecular complexity index is 381. The SMILES string of the molecule is CC1CN(C(=O)CN2CC(C)(OCC(=O)O)C2)CCO1. The van der Waals surface area contributed by atoms with Gasteiger partial charge in [0.05, 0.1) is 24.9 Å². The lowest BCUT2D eigenvalue weighted by Crippen LogP contribution is -2.63. The summed E-state index contributed by atoms with van der Waals surface area (Å²) in [5, 5.41) is 8.59. The van der Waals surface area contributed by atoms with Gasteiger partial charge in [-0.25, -0.2) is 4.79 Å². The van der Waals surface area contributed by atoms with Crippen LogP contribution in [0.1, 0.15) is 13.8 Å². The molecule has 0 aromatic rings. The molecule has 0 aliphatic carbocycles. The number of carbonyl (C=O) groups excluding carboxylic acids is 1. The first-order valence-corrected chi connectivity index (χ1v) is 6.85. The lowest BCUT2D eigenvalue weighted by atomic mass is 9.96. The maximum Gasteiger partial charge on any atom is 0.329 e. The number of hydrogen-bond acceptors (Lipinski definition) is 5. The van der Waals surface area contributed by atoms with Gasteiger partial charge in [-0.1, -0.05) is 0 Å². The quantitative estimate of drug-likeness (QED) is 0.728. The van der Waals surface area contributed by atoms with Crippen molar-refractivity contribution in [3.63, 3.8) is 0 Å². The Morgan fingerprint density at radius 2 is 2.15 bits per heavy atom. The number of aliphatic carboxylic acids is 1. The first-order valence-electron chi connectivity index (χ1n) is 6.85. The molecule has 1 unspecified atom stereocenters. The van der Waals surface area contributed by atoms with Crippen LogP contribution in [0.4, 0.5) is 0 Å². The Hall–Kier alpha value is -1.18. The first kappa shape index (κ1) is 15.2. The highest BCUT2D eigenvalue weighted by Crippen LogP contribution is 2.24. The van der Waals surface area contributed by atoms with Crippen molar-refractivity contribution in [3.05, 3.63) is 0 Å². The second-order valence-corrected chi connectivity index (χ2v) is 5.80. The summed E-state index contributed by atoms with van der Waals surface area (Å²) < 4.78 is 10.7. The Morgan fingerprint density at radius 1 is 1.45 bits per heavy atom. The summed E-state index contributed by atoms with van der Waals surface area (Å²) in [5.74, 6) is -0.872. The van der Waals surface area contributed by atoms with Crippen LogP contribution in [-0.2, 0) is 19.1 Å². The number of likely N-dealkylation sites (tertiary alicyclic amines) is 1. The standard InChI is InChI=1S/C13H22N2O5/c1-10-5-15(3-4-19-10)11(16)6-14-8-13(2,9-14)20-7-12(17)18/h10H,3-9H2,1-2H3,(H,17,18). The number of carbonyl (C=O) groups is 2. The summed E-state index contributed by atoms with van der Waals surface area (Å²) in [6, 6.07) is 0. The summed E-state index contributed by atoms with van der Waals surface area (Å²) in [4.78, 5) is 26.4. The molecule has 2 saturated heterocycles. The van der Waals surface area contributed by atoms with E-state index in [1.165, 1.54) is 0 Å². The van der Waals surface area contributed by atoms with E-state index >= 15 is 0 Å². The molecule has 0 saturated carbocycles. The van der Waals surface area contributed by atoms with Crippen LogP contribution in [0, 0.1) is 0 Å². The average molecular weight is 286 g/mol. The third-order valence-electron chi connectivity index (χ3n) is 3.61. The molecule has 1 atom stereocenters. The van der Waals surface area contributed by atoms with E-state index in [4.69, 9.17) is 14.6 Å². The highest BCUT2D eigenvalue weighted by Gasteiger charge is 2.41. The third kappa shape index (κ3) is 3.91. The van der Waals surface area contributed by atoms with Crippen LogP contribution in [0.5, 0.6) is 0 Å². The summed E-state index contributed by atoms with van der Waals surface area (Å²) in [7, 11) is 0. The van der Waals surface area contributed by atoms with E-state index in [2.05, 4.69) is 0 Å². The molecule has 2 heterocycles. The Kier molecular flexibility index (Phi) is 4.62. The minimum Gasteiger partial charge on any atom is -0.480 e. The molecule has 1 N–H and O–H groups in total. The van der Waals surface area contributed by atoms with Crippen LogP contribution in [0.2, 0.25) is 0 Å². The molecule has 0 radical (unpaired) electrons. The van der Waals surface area contributed by atoms with Crippen molar-refractivity contribution in [1.82, 2.24) is 9.80 Å². The maximum atomic E-state index is 12.1. The number of ether oxygens (including phenoxy) is 2. The Morgan fingerprint density at radius 3 is 2.75 bits per heavy atom. The topological polar surface area (TPSA) is 79.3 Å². The van der Waals surface area contributed by atoms with Gasteiger partial charge in [0.15, 0.2) is 0 Å². The van der Waals surface area contributed by atoms with E-state index < -0.39 is 11.6 Å². The van der Waals surface area contributed by atoms with Crippen molar-refractivity contribution >= 4 is 11.9 Å². The van der Waals surface area contributed by atoms with Crippen molar-refractivity contribution in [3.8, 4) is 0 Å². The van der Waals surface area contributed by atoms with Gasteiger partial charge in [0.2, 0.25) is 5.91 Å². The van der Waals surface area contributed by atoms with Crippen molar-refractivity contribution in [2.24, 2.45) is 0 Å². The second-order valence-electron chi connectivity index (χ2n) is 5.80. The molecule has 0 aromatic carbocycles. The number of amides is 1. The number of carboxylic acids is 1. The van der Waals surface area contributed by atoms with Crippen molar-refractivity contribution in [2.45, 2.75) is 25.6 Å². The Balaban J connectivity index is 1.71. The molecule has 2 fully saturated rings. The van der Waals surface area contributed by atoms with Gasteiger partial charge in [-0.3, -0.25) is 9.69 Å². The largest absolute Gasteiger partial charge is 0.480 e. The van der Waals surface area contributed by atoms with Gasteiger partial charge in [0.25, 0.3) is 0 Å². The minimum atomic E-state index is -0.969. The predicted octanol–water partition coefficient (Wildman–Crippen LogP) is -0.591. The van der Waals surface area contributed by atoms with Crippen LogP contribution >= 0.6 is 0 Å². The van der Waals surface area contributed by atoms with Crippen molar-refractivity contribution in [1.29, 1.82) is 0 Å². The molecule has 7 nitrogen and oxygen atoms in total. The second kappa shape index (κ2) is 6.07. The summed E-state index contributed by atoms with van der Waals surface area (Å²) >= 11 is 0. The molecule has 2 aliphatic heterocycles. The number of rotatable bonds is 5. The number of nitrogens with zero attached hydrogens (tertiary/aromatic N) is 2. The number of carboxylic acid groups (broad SMARTS) is 1. The van der Waals surface area contributed by atoms with E-state index in [1.807, 2.05) is 23.6 Å². The molecule has 0 aromatic heterocycles. The highest BCUT2D eigenvalue weighted by molar-refractivity contribution is 5.78. The fourth-order valence-corrected chi connectivity index (χ4v) is 2.68. The van der Waals surface area contributed by atoms with Gasteiger partial charge in [-0.2, -0.15) is 0 Å². The molecular formula is C13H22N2O5. The minimum absolute atomic E-state index is 0.0910. The smallest absolute Gasteiger partial charge is 0.329 e. The number of morpholine rings is 1. The lowest BCUT2D eigenvalue weighted by molar-refractivity contribution is -0.168. The van der Waals surface area contributed by atoms with Gasteiger partial charge < -0.3 is 19.5 Å². The van der Waals surface area contributed by atoms with Crippen molar-refractivity contribution in [2.75, 3.05) is 45.9 Å². The van der Waals surface area contributed by atoms with Crippen LogP contribution in [0.3, 0.4) is 0 Å². The van der Waals surface area contributed by atoms with Crippen LogP contribution in [0.25, 0.3) is 0 Å². The monoisotopic (exact) mass is 286 g/mol. The zero-order valence-electron chi connectivity index (χ0n) is 12.0. The average Bonchev–Trinajstić information content (AvgIpc) is 2.34. The fraction of sp³-hybridized carbons (Fsp3) is 0.846. The zero-order valence-corrected chi connectivity index (χ0v) is 12.0. The first-order chi connectivity index (χ1) is 9.38. The molecule has 0 spiro atoms. The molecule has 7 heteroatoms. The van der Waals surface area contributed by atoms with E-state index in [0.717, 1.165) is 0 Å². The van der Waals surface area contributed by atoms with Crippen LogP contribution < -0.4 is 0 Å². The molecule has 0 bridgehead atoms. The Labute approximate surface area is 118 Å². The lowest BCUT2D eigenvalue weighted by Gasteiger charge is -2.47. The summed E-state index contributed by atoms with van der Waals surface area (Å²) in [6.07, 6.45) is 0.0910. The van der Waals surface area contributed by atoms with Gasteiger partial charge in [0, 0.05) is 26.2 Å². The van der Waals surface area contributed by atoms with Gasteiger partial charge in [-0.15, -0.1) is 0 Å². The highest BCUT2D eigenvalue weighted by atomic mass is 16.5. The maximum absolute atomic E-state index is 12.1. The molecule has 2 aliphatic rings. The van der Waals surface area contributed by atoms with Gasteiger partial charge >= 0.3 is 5.97 Å². The van der Waals surface area contributed by atoms with Crippen LogP contribution in [0.15, 0.2) is 0 Å². The van der Waals surface area contributed by atoms with Gasteiger partial charge in [-0.05, 0) is 13.8 Å². The summed E-state index contributed by atoms with van der Waals surface area (Å²) in [5.41, 5.74) is -0.447. The van der Waals surface area contributed by atoms with E-state index in [-0.39, 0.29) is 18.6 Å². The van der Waals surface area contributed by atoms with E-state index in [0.29, 0.717) is 39.3 Å². The number of hydrogen-bond donors (Lipinski definition) is 1. The normalized spacial score (nSPS) is 26.1. The molecule has 2 rings (SSSR count). The van der Waals surface area contributed by atoms with Crippen LogP contribution in [-0.4, -0.2) is 84.4 Å². The predicted molar refractivity (Wildman–Crippen MR) is 70.4 cm³/mol. The molecule has 114 valence electrons. The summed E-state index contributed by atoms with van der Waals surface area (Å²) in [6.45, 7) is 6.94. The molecule has 20 heavy (non-hydrogen) atoms. The van der Waals surface area contributed by atoms with E-state index in [1.54, 1.807) is 0 Å². The zero-order chi connectivity index (χ0) is 14.8. The fourth-order valence-electron chi connectivity index (χ4n) is 2.68. The van der Waals surface area contributed by atoms with Gasteiger partial charge in [0.1, 0.15) is 6.61 Å².